The van der Waals surface area contributed by atoms with Crippen LogP contribution in [0.25, 0.3) is 73.4 Å². The molecule has 4 nitrogen and oxygen atoms in total. The standard InChI is InChI=1S/C45H29N3OS2/c1-2-11-26(12-3-1)43-46-44(48-45(47-43)35-19-9-17-32-29-14-5-7-22-39(29)51-42(32)35)27-23-24-34-37(25-27)49-36-20-10-15-30(40(34)36)33-18-8-16-31-28-13-4-6-21-38(28)50-41(31)33/h1-25,43,45,47H,(H,46,48). The summed E-state index contributed by atoms with van der Waals surface area (Å²) in [7, 11) is 0. The average Bonchev–Trinajstić information content (AvgIpc) is 3.89. The van der Waals surface area contributed by atoms with E-state index in [0.29, 0.717) is 0 Å². The number of hydrogen-bond acceptors (Lipinski definition) is 6. The van der Waals surface area contributed by atoms with Crippen LogP contribution in [0, 0.1) is 0 Å². The summed E-state index contributed by atoms with van der Waals surface area (Å²) in [6.45, 7) is 0. The van der Waals surface area contributed by atoms with Crippen LogP contribution >= 0.6 is 22.7 Å². The van der Waals surface area contributed by atoms with Crippen molar-refractivity contribution in [2.24, 2.45) is 4.99 Å². The summed E-state index contributed by atoms with van der Waals surface area (Å²) >= 11 is 3.70. The normalized spacial score (nSPS) is 16.4. The van der Waals surface area contributed by atoms with Crippen molar-refractivity contribution < 1.29 is 4.42 Å². The van der Waals surface area contributed by atoms with Crippen molar-refractivity contribution in [3.8, 4) is 11.1 Å². The van der Waals surface area contributed by atoms with Crippen LogP contribution in [0.15, 0.2) is 161 Å². The molecule has 11 rings (SSSR count). The molecule has 242 valence electrons. The van der Waals surface area contributed by atoms with E-state index in [0.717, 1.165) is 38.9 Å². The molecule has 0 radical (unpaired) electrons. The molecule has 2 N–H and O–H groups in total. The van der Waals surface area contributed by atoms with E-state index in [2.05, 4.69) is 162 Å². The van der Waals surface area contributed by atoms with Crippen LogP contribution in [-0.2, 0) is 0 Å². The van der Waals surface area contributed by atoms with Crippen molar-refractivity contribution in [3.05, 3.63) is 168 Å². The lowest BCUT2D eigenvalue weighted by molar-refractivity contribution is 0.411. The molecular formula is C45H29N3OS2. The molecule has 1 aliphatic rings. The largest absolute Gasteiger partial charge is 0.456 e. The fourth-order valence-electron chi connectivity index (χ4n) is 7.82. The second kappa shape index (κ2) is 11.4. The minimum atomic E-state index is -0.247. The first-order valence-corrected chi connectivity index (χ1v) is 18.8. The lowest BCUT2D eigenvalue weighted by atomic mass is 9.97. The van der Waals surface area contributed by atoms with Crippen LogP contribution < -0.4 is 10.6 Å². The van der Waals surface area contributed by atoms with Gasteiger partial charge in [0.25, 0.3) is 0 Å². The number of rotatable bonds is 4. The zero-order chi connectivity index (χ0) is 33.5. The molecule has 4 heterocycles. The smallest absolute Gasteiger partial charge is 0.136 e. The fraction of sp³-hybridized carbons (Fsp3) is 0.0444. The molecule has 1 aliphatic heterocycles. The lowest BCUT2D eigenvalue weighted by Gasteiger charge is -2.32. The van der Waals surface area contributed by atoms with Gasteiger partial charge in [0.15, 0.2) is 0 Å². The highest BCUT2D eigenvalue weighted by Crippen LogP contribution is 2.44. The Morgan fingerprint density at radius 2 is 1.20 bits per heavy atom. The molecule has 7 aromatic carbocycles. The number of aliphatic imine (C=N–C) groups is 1. The quantitative estimate of drug-likeness (QED) is 0.193. The van der Waals surface area contributed by atoms with E-state index in [4.69, 9.17) is 9.41 Å². The Hall–Kier alpha value is -5.79. The van der Waals surface area contributed by atoms with Gasteiger partial charge in [-0.15, -0.1) is 22.7 Å². The molecule has 0 aliphatic carbocycles. The molecule has 51 heavy (non-hydrogen) atoms. The highest BCUT2D eigenvalue weighted by atomic mass is 32.1. The van der Waals surface area contributed by atoms with Crippen LogP contribution in [0.3, 0.4) is 0 Å². The Labute approximate surface area is 301 Å². The predicted octanol–water partition coefficient (Wildman–Crippen LogP) is 12.3. The van der Waals surface area contributed by atoms with Crippen molar-refractivity contribution in [3.63, 3.8) is 0 Å². The van der Waals surface area contributed by atoms with Gasteiger partial charge in [0.05, 0.1) is 0 Å². The van der Waals surface area contributed by atoms with Gasteiger partial charge in [-0.3, -0.25) is 5.32 Å². The summed E-state index contributed by atoms with van der Waals surface area (Å²) in [6, 6.07) is 54.1. The number of benzene rings is 7. The van der Waals surface area contributed by atoms with E-state index < -0.39 is 0 Å². The topological polar surface area (TPSA) is 49.6 Å². The fourth-order valence-corrected chi connectivity index (χ4v) is 10.3. The summed E-state index contributed by atoms with van der Waals surface area (Å²) < 4.78 is 11.8. The van der Waals surface area contributed by atoms with Crippen molar-refractivity contribution >= 4 is 90.8 Å². The van der Waals surface area contributed by atoms with E-state index in [-0.39, 0.29) is 12.3 Å². The average molecular weight is 692 g/mol. The number of amidine groups is 1. The van der Waals surface area contributed by atoms with E-state index in [1.807, 2.05) is 22.7 Å². The van der Waals surface area contributed by atoms with Crippen molar-refractivity contribution in [1.29, 1.82) is 0 Å². The molecule has 10 aromatic rings. The first-order chi connectivity index (χ1) is 25.3. The van der Waals surface area contributed by atoms with Gasteiger partial charge in [-0.2, -0.15) is 0 Å². The number of hydrogen-bond donors (Lipinski definition) is 2. The van der Waals surface area contributed by atoms with Crippen molar-refractivity contribution in [2.75, 3.05) is 0 Å². The van der Waals surface area contributed by atoms with Gasteiger partial charge < -0.3 is 9.73 Å². The van der Waals surface area contributed by atoms with Crippen LogP contribution in [0.4, 0.5) is 0 Å². The van der Waals surface area contributed by atoms with Gasteiger partial charge in [0, 0.05) is 67.8 Å². The summed E-state index contributed by atoms with van der Waals surface area (Å²) in [5, 5.41) is 14.9. The zero-order valence-electron chi connectivity index (χ0n) is 27.3. The van der Waals surface area contributed by atoms with Gasteiger partial charge in [-0.05, 0) is 41.5 Å². The van der Waals surface area contributed by atoms with Gasteiger partial charge in [-0.25, -0.2) is 4.99 Å². The second-order valence-corrected chi connectivity index (χ2v) is 15.2. The third-order valence-corrected chi connectivity index (χ3v) is 12.6. The zero-order valence-corrected chi connectivity index (χ0v) is 28.9. The second-order valence-electron chi connectivity index (χ2n) is 13.1. The van der Waals surface area contributed by atoms with Gasteiger partial charge in [-0.1, -0.05) is 121 Å². The van der Waals surface area contributed by atoms with Crippen LogP contribution in [0.1, 0.15) is 29.0 Å². The molecule has 0 saturated heterocycles. The summed E-state index contributed by atoms with van der Waals surface area (Å²) in [6.07, 6.45) is -0.379. The highest BCUT2D eigenvalue weighted by Gasteiger charge is 2.28. The Kier molecular flexibility index (Phi) is 6.46. The summed E-state index contributed by atoms with van der Waals surface area (Å²) in [5.41, 5.74) is 7.48. The van der Waals surface area contributed by atoms with Gasteiger partial charge >= 0.3 is 0 Å². The van der Waals surface area contributed by atoms with Crippen LogP contribution in [0.5, 0.6) is 0 Å². The number of nitrogens with zero attached hydrogens (tertiary/aromatic N) is 1. The Morgan fingerprint density at radius 1 is 0.529 bits per heavy atom. The Morgan fingerprint density at radius 3 is 2.02 bits per heavy atom. The van der Waals surface area contributed by atoms with Crippen molar-refractivity contribution in [1.82, 2.24) is 10.6 Å². The number of nitrogens with one attached hydrogen (secondary N) is 2. The molecule has 0 saturated carbocycles. The maximum Gasteiger partial charge on any atom is 0.136 e. The predicted molar refractivity (Wildman–Crippen MR) is 216 cm³/mol. The minimum Gasteiger partial charge on any atom is -0.456 e. The van der Waals surface area contributed by atoms with Gasteiger partial charge in [0.1, 0.15) is 29.3 Å². The van der Waals surface area contributed by atoms with Crippen molar-refractivity contribution in [2.45, 2.75) is 12.3 Å². The Balaban J connectivity index is 1.06. The molecule has 0 spiro atoms. The minimum absolute atomic E-state index is 0.131. The molecule has 0 amide bonds. The SMILES string of the molecule is c1ccc(C2NC(c3ccc4c(c3)oc3cccc(-c5cccc6c5sc5ccccc56)c34)=NC(c3cccc4c3sc3ccccc34)N2)cc1. The van der Waals surface area contributed by atoms with Crippen LogP contribution in [-0.4, -0.2) is 5.84 Å². The first-order valence-electron chi connectivity index (χ1n) is 17.2. The molecule has 2 atom stereocenters. The van der Waals surface area contributed by atoms with Crippen LogP contribution in [0.2, 0.25) is 0 Å². The van der Waals surface area contributed by atoms with E-state index >= 15 is 0 Å². The maximum absolute atomic E-state index is 6.64. The van der Waals surface area contributed by atoms with E-state index in [1.165, 1.54) is 57.0 Å². The molecule has 2 unspecified atom stereocenters. The van der Waals surface area contributed by atoms with Gasteiger partial charge in [0.2, 0.25) is 0 Å². The van der Waals surface area contributed by atoms with E-state index in [1.54, 1.807) is 0 Å². The monoisotopic (exact) mass is 691 g/mol. The molecule has 3 aromatic heterocycles. The number of fused-ring (bicyclic) bond motifs is 9. The molecular weight excluding hydrogens is 663 g/mol. The third-order valence-electron chi connectivity index (χ3n) is 10.2. The molecule has 0 fully saturated rings. The lowest BCUT2D eigenvalue weighted by Crippen LogP contribution is -2.44. The Bertz CT molecular complexity index is 3010. The number of thiophene rings is 2. The summed E-state index contributed by atoms with van der Waals surface area (Å²) in [5.74, 6) is 0.836. The maximum atomic E-state index is 6.64. The third kappa shape index (κ3) is 4.58. The molecule has 6 heteroatoms. The molecule has 0 bridgehead atoms. The van der Waals surface area contributed by atoms with E-state index in [9.17, 15) is 0 Å². The summed E-state index contributed by atoms with van der Waals surface area (Å²) in [4.78, 5) is 5.36. The first kappa shape index (κ1) is 29.0. The number of furan rings is 1. The highest BCUT2D eigenvalue weighted by molar-refractivity contribution is 7.26.